The molecule has 0 N–H and O–H groups in total. The molecule has 0 fully saturated rings. The van der Waals surface area contributed by atoms with Crippen molar-refractivity contribution in [3.63, 3.8) is 0 Å². The Balaban J connectivity index is 2.27. The first-order chi connectivity index (χ1) is 16.6. The van der Waals surface area contributed by atoms with Gasteiger partial charge in [-0.1, -0.05) is 42.0 Å². The van der Waals surface area contributed by atoms with Crippen LogP contribution in [0.25, 0.3) is 0 Å². The van der Waals surface area contributed by atoms with Crippen molar-refractivity contribution in [2.24, 2.45) is 10.3 Å². The molecule has 0 aliphatic heterocycles. The number of benzene rings is 2. The molecule has 1 unspecified atom stereocenters. The maximum atomic E-state index is 13.4. The lowest BCUT2D eigenvalue weighted by molar-refractivity contribution is -0.180. The number of fused-ring (bicyclic) bond motifs is 1. The fourth-order valence-electron chi connectivity index (χ4n) is 3.75. The van der Waals surface area contributed by atoms with Crippen LogP contribution in [0.5, 0.6) is 0 Å². The topological polar surface area (TPSA) is 107 Å². The number of rotatable bonds is 6. The third-order valence-corrected chi connectivity index (χ3v) is 6.72. The highest BCUT2D eigenvalue weighted by Crippen LogP contribution is 2.33. The number of carbonyl (C=O) groups is 3. The van der Waals surface area contributed by atoms with Crippen LogP contribution >= 0.6 is 0 Å². The zero-order valence-electron chi connectivity index (χ0n) is 19.7. The summed E-state index contributed by atoms with van der Waals surface area (Å²) in [5.74, 6) is -7.79. The van der Waals surface area contributed by atoms with Gasteiger partial charge in [0.15, 0.2) is 11.7 Å². The fraction of sp³-hybridized carbons (Fsp3) is 0.280. The van der Waals surface area contributed by atoms with Gasteiger partial charge in [0, 0.05) is 16.7 Å². The molecular weight excluding hydrogens is 499 g/mol. The first-order valence-electron chi connectivity index (χ1n) is 10.7. The van der Waals surface area contributed by atoms with Gasteiger partial charge >= 0.3 is 12.1 Å². The van der Waals surface area contributed by atoms with Crippen molar-refractivity contribution in [2.75, 3.05) is 0 Å². The van der Waals surface area contributed by atoms with Crippen molar-refractivity contribution >= 4 is 33.3 Å². The van der Waals surface area contributed by atoms with Gasteiger partial charge in [0.25, 0.3) is 15.8 Å². The number of ether oxygens (including phenoxy) is 1. The Labute approximate surface area is 205 Å². The number of Topliss-reactive ketones (excluding diaryl/α,β-unsaturated/α-hetero) is 2. The highest BCUT2D eigenvalue weighted by molar-refractivity contribution is 7.90. The highest BCUT2D eigenvalue weighted by Gasteiger charge is 2.51. The predicted molar refractivity (Wildman–Crippen MR) is 124 cm³/mol. The number of aryl methyl sites for hydroxylation is 2. The molecule has 0 amide bonds. The summed E-state index contributed by atoms with van der Waals surface area (Å²) in [4.78, 5) is 37.9. The average Bonchev–Trinajstić information content (AvgIpc) is 2.75. The third-order valence-electron chi connectivity index (χ3n) is 5.27. The minimum Gasteiger partial charge on any atom is -0.462 e. The molecule has 190 valence electrons. The number of alkyl halides is 3. The van der Waals surface area contributed by atoms with Gasteiger partial charge < -0.3 is 4.74 Å². The molecule has 0 aromatic heterocycles. The molecule has 0 saturated heterocycles. The minimum atomic E-state index is -5.47. The van der Waals surface area contributed by atoms with Crippen molar-refractivity contribution < 1.29 is 40.7 Å². The lowest BCUT2D eigenvalue weighted by Gasteiger charge is -2.24. The predicted octanol–water partition coefficient (Wildman–Crippen LogP) is 4.30. The number of nitrogens with zero attached hydrogens (tertiary/aromatic N) is 1. The van der Waals surface area contributed by atoms with E-state index in [2.05, 4.69) is 4.40 Å². The molecule has 1 aliphatic rings. The molecular formula is C25H22F3NO6S. The molecule has 2 aromatic carbocycles. The van der Waals surface area contributed by atoms with Gasteiger partial charge in [0.05, 0.1) is 16.7 Å². The quantitative estimate of drug-likeness (QED) is 0.414. The van der Waals surface area contributed by atoms with Crippen molar-refractivity contribution in [3.8, 4) is 0 Å². The van der Waals surface area contributed by atoms with Crippen LogP contribution in [0.3, 0.4) is 0 Å². The summed E-state index contributed by atoms with van der Waals surface area (Å²) in [7, 11) is -4.40. The van der Waals surface area contributed by atoms with Crippen LogP contribution in [-0.2, 0) is 24.3 Å². The lowest BCUT2D eigenvalue weighted by Crippen LogP contribution is -2.41. The van der Waals surface area contributed by atoms with E-state index in [9.17, 15) is 36.0 Å². The Morgan fingerprint density at radius 1 is 1.00 bits per heavy atom. The molecule has 11 heteroatoms. The standard InChI is InChI=1S/C25H22F3NO6S/c1-13(2)35-24(32)21(23(31)25(26,27)28)18-12-19(16-7-5-6-8-17(16)22(18)30)29-36(33,34)20-10-9-14(3)11-15(20)4/h5-13,21H,1-4H3. The van der Waals surface area contributed by atoms with Crippen LogP contribution in [-0.4, -0.2) is 43.9 Å². The summed E-state index contributed by atoms with van der Waals surface area (Å²) >= 11 is 0. The van der Waals surface area contributed by atoms with Gasteiger partial charge in [-0.15, -0.1) is 0 Å². The maximum Gasteiger partial charge on any atom is 0.451 e. The summed E-state index contributed by atoms with van der Waals surface area (Å²) in [6.45, 7) is 6.05. The SMILES string of the molecule is Cc1ccc(S(=O)(=O)N=C2C=C(C(C(=O)OC(C)C)C(=O)C(F)(F)F)C(=O)c3ccccc32)c(C)c1. The molecule has 0 heterocycles. The molecule has 36 heavy (non-hydrogen) atoms. The number of carbonyl (C=O) groups excluding carboxylic acids is 3. The van der Waals surface area contributed by atoms with Crippen molar-refractivity contribution in [2.45, 2.75) is 44.9 Å². The summed E-state index contributed by atoms with van der Waals surface area (Å²) in [6, 6.07) is 10.0. The second kappa shape index (κ2) is 9.81. The van der Waals surface area contributed by atoms with Gasteiger partial charge in [-0.3, -0.25) is 14.4 Å². The summed E-state index contributed by atoms with van der Waals surface area (Å²) in [5.41, 5.74) is -0.271. The normalized spacial score (nSPS) is 15.9. The molecule has 1 atom stereocenters. The van der Waals surface area contributed by atoms with Gasteiger partial charge in [0.2, 0.25) is 0 Å². The van der Waals surface area contributed by atoms with Crippen LogP contribution in [0.4, 0.5) is 13.2 Å². The zero-order valence-corrected chi connectivity index (χ0v) is 20.5. The number of hydrogen-bond acceptors (Lipinski definition) is 6. The van der Waals surface area contributed by atoms with E-state index >= 15 is 0 Å². The first kappa shape index (κ1) is 27.0. The second-order valence-corrected chi connectivity index (χ2v) is 10.0. The third kappa shape index (κ3) is 5.46. The smallest absolute Gasteiger partial charge is 0.451 e. The van der Waals surface area contributed by atoms with Crippen LogP contribution in [0.2, 0.25) is 0 Å². The van der Waals surface area contributed by atoms with E-state index in [-0.39, 0.29) is 16.0 Å². The molecule has 2 aromatic rings. The molecule has 7 nitrogen and oxygen atoms in total. The van der Waals surface area contributed by atoms with Crippen molar-refractivity contribution in [1.29, 1.82) is 0 Å². The van der Waals surface area contributed by atoms with Gasteiger partial charge in [-0.2, -0.15) is 26.0 Å². The number of hydrogen-bond donors (Lipinski definition) is 0. The molecule has 1 aliphatic carbocycles. The largest absolute Gasteiger partial charge is 0.462 e. The Morgan fingerprint density at radius 3 is 2.17 bits per heavy atom. The molecule has 0 saturated carbocycles. The Hall–Kier alpha value is -3.60. The Bertz CT molecular complexity index is 1420. The number of ketones is 2. The average molecular weight is 522 g/mol. The van der Waals surface area contributed by atoms with Crippen molar-refractivity contribution in [3.05, 3.63) is 76.4 Å². The second-order valence-electron chi connectivity index (χ2n) is 8.48. The highest BCUT2D eigenvalue weighted by atomic mass is 32.2. The van der Waals surface area contributed by atoms with Crippen LogP contribution in [0.1, 0.15) is 40.9 Å². The number of halogens is 3. The summed E-state index contributed by atoms with van der Waals surface area (Å²) in [6.07, 6.45) is -5.62. The van der Waals surface area contributed by atoms with E-state index in [1.54, 1.807) is 26.0 Å². The van der Waals surface area contributed by atoms with Gasteiger partial charge in [-0.05, 0) is 45.4 Å². The van der Waals surface area contributed by atoms with Crippen LogP contribution < -0.4 is 0 Å². The zero-order chi connectivity index (χ0) is 27.0. The maximum absolute atomic E-state index is 13.4. The van der Waals surface area contributed by atoms with Crippen LogP contribution in [0.15, 0.2) is 63.4 Å². The van der Waals surface area contributed by atoms with E-state index in [4.69, 9.17) is 4.74 Å². The lowest BCUT2D eigenvalue weighted by atomic mass is 9.81. The molecule has 0 bridgehead atoms. The number of sulfonamides is 1. The number of esters is 1. The van der Waals surface area contributed by atoms with Gasteiger partial charge in [0.1, 0.15) is 0 Å². The Kier molecular flexibility index (Phi) is 7.35. The fourth-order valence-corrected chi connectivity index (χ4v) is 4.96. The monoisotopic (exact) mass is 521 g/mol. The van der Waals surface area contributed by atoms with E-state index in [1.807, 2.05) is 0 Å². The van der Waals surface area contributed by atoms with Crippen molar-refractivity contribution in [1.82, 2.24) is 0 Å². The number of allylic oxidation sites excluding steroid dienone is 1. The van der Waals surface area contributed by atoms with E-state index in [0.29, 0.717) is 5.56 Å². The first-order valence-corrected chi connectivity index (χ1v) is 12.2. The summed E-state index contributed by atoms with van der Waals surface area (Å²) in [5, 5.41) is 0. The van der Waals surface area contributed by atoms with Crippen LogP contribution in [0, 0.1) is 19.8 Å². The summed E-state index contributed by atoms with van der Waals surface area (Å²) < 4.78 is 75.2. The molecule has 3 rings (SSSR count). The van der Waals surface area contributed by atoms with Gasteiger partial charge in [-0.25, -0.2) is 0 Å². The van der Waals surface area contributed by atoms with E-state index in [0.717, 1.165) is 11.6 Å². The Morgan fingerprint density at radius 2 is 1.61 bits per heavy atom. The van der Waals surface area contributed by atoms with E-state index < -0.39 is 57.0 Å². The minimum absolute atomic E-state index is 0.0232. The molecule has 0 spiro atoms. The molecule has 0 radical (unpaired) electrons. The van der Waals surface area contributed by atoms with E-state index in [1.165, 1.54) is 44.2 Å².